The molecule has 2 rings (SSSR count). The van der Waals surface area contributed by atoms with E-state index in [4.69, 9.17) is 0 Å². The highest BCUT2D eigenvalue weighted by molar-refractivity contribution is 5.00. The fraction of sp³-hybridized carbons (Fsp3) is 1.00. The van der Waals surface area contributed by atoms with Gasteiger partial charge in [-0.1, -0.05) is 19.8 Å². The van der Waals surface area contributed by atoms with Gasteiger partial charge in [-0.25, -0.2) is 0 Å². The summed E-state index contributed by atoms with van der Waals surface area (Å²) in [4.78, 5) is 2.42. The molecule has 0 amide bonds. The van der Waals surface area contributed by atoms with Crippen LogP contribution in [0.5, 0.6) is 0 Å². The zero-order valence-electron chi connectivity index (χ0n) is 8.63. The second-order valence-corrected chi connectivity index (χ2v) is 4.97. The molecule has 0 bridgehead atoms. The van der Waals surface area contributed by atoms with Gasteiger partial charge in [0.15, 0.2) is 0 Å². The molecule has 0 aromatic heterocycles. The van der Waals surface area contributed by atoms with E-state index in [2.05, 4.69) is 11.8 Å². The summed E-state index contributed by atoms with van der Waals surface area (Å²) in [7, 11) is 0. The molecule has 1 saturated carbocycles. The lowest BCUT2D eigenvalue weighted by atomic mass is 9.63. The first kappa shape index (κ1) is 9.47. The molecule has 1 atom stereocenters. The van der Waals surface area contributed by atoms with Gasteiger partial charge in [0.25, 0.3) is 0 Å². The van der Waals surface area contributed by atoms with Crippen LogP contribution in [0.15, 0.2) is 0 Å². The van der Waals surface area contributed by atoms with Crippen LogP contribution in [-0.2, 0) is 0 Å². The van der Waals surface area contributed by atoms with E-state index < -0.39 is 0 Å². The van der Waals surface area contributed by atoms with Crippen molar-refractivity contribution in [1.82, 2.24) is 4.90 Å². The first-order chi connectivity index (χ1) is 6.24. The molecule has 1 heterocycles. The van der Waals surface area contributed by atoms with Crippen molar-refractivity contribution in [3.63, 3.8) is 0 Å². The Kier molecular flexibility index (Phi) is 2.61. The standard InChI is InChI=1S/C11H21NO/c1-2-4-10(13)7-12-8-11(9-12)5-3-6-11/h10,13H,2-9H2,1H3. The number of likely N-dealkylation sites (tertiary alicyclic amines) is 1. The summed E-state index contributed by atoms with van der Waals surface area (Å²) in [6.45, 7) is 5.56. The minimum atomic E-state index is -0.0811. The summed E-state index contributed by atoms with van der Waals surface area (Å²) in [5, 5.41) is 9.60. The lowest BCUT2D eigenvalue weighted by molar-refractivity contribution is -0.0767. The molecule has 13 heavy (non-hydrogen) atoms. The van der Waals surface area contributed by atoms with Crippen molar-refractivity contribution >= 4 is 0 Å². The highest BCUT2D eigenvalue weighted by Crippen LogP contribution is 2.47. The Morgan fingerprint density at radius 3 is 2.54 bits per heavy atom. The molecular formula is C11H21NO. The minimum Gasteiger partial charge on any atom is -0.392 e. The summed E-state index contributed by atoms with van der Waals surface area (Å²) >= 11 is 0. The Bertz CT molecular complexity index is 169. The summed E-state index contributed by atoms with van der Waals surface area (Å²) in [6, 6.07) is 0. The molecule has 1 aliphatic carbocycles. The van der Waals surface area contributed by atoms with Crippen molar-refractivity contribution in [3.8, 4) is 0 Å². The molecule has 0 aromatic rings. The number of rotatable bonds is 4. The highest BCUT2D eigenvalue weighted by atomic mass is 16.3. The van der Waals surface area contributed by atoms with Crippen LogP contribution in [-0.4, -0.2) is 35.7 Å². The molecule has 2 heteroatoms. The zero-order chi connectivity index (χ0) is 9.31. The SMILES string of the molecule is CCCC(O)CN1CC2(CCC2)C1. The summed E-state index contributed by atoms with van der Waals surface area (Å²) in [6.07, 6.45) is 6.29. The maximum Gasteiger partial charge on any atom is 0.0667 e. The normalized spacial score (nSPS) is 28.2. The first-order valence-corrected chi connectivity index (χ1v) is 5.64. The lowest BCUT2D eigenvalue weighted by Gasteiger charge is -2.56. The van der Waals surface area contributed by atoms with Gasteiger partial charge in [-0.15, -0.1) is 0 Å². The Hall–Kier alpha value is -0.0800. The van der Waals surface area contributed by atoms with Crippen LogP contribution < -0.4 is 0 Å². The summed E-state index contributed by atoms with van der Waals surface area (Å²) < 4.78 is 0. The van der Waals surface area contributed by atoms with Crippen molar-refractivity contribution in [2.45, 2.75) is 45.1 Å². The molecule has 1 aliphatic heterocycles. The minimum absolute atomic E-state index is 0.0811. The fourth-order valence-corrected chi connectivity index (χ4v) is 2.75. The number of hydrogen-bond donors (Lipinski definition) is 1. The van der Waals surface area contributed by atoms with Gasteiger partial charge in [0.2, 0.25) is 0 Å². The highest BCUT2D eigenvalue weighted by Gasteiger charge is 2.47. The second kappa shape index (κ2) is 3.58. The predicted octanol–water partition coefficient (Wildman–Crippen LogP) is 1.63. The van der Waals surface area contributed by atoms with Gasteiger partial charge in [-0.2, -0.15) is 0 Å². The molecule has 1 spiro atoms. The molecule has 2 aliphatic rings. The molecule has 0 radical (unpaired) electrons. The van der Waals surface area contributed by atoms with Crippen molar-refractivity contribution in [1.29, 1.82) is 0 Å². The van der Waals surface area contributed by atoms with Crippen LogP contribution in [0.25, 0.3) is 0 Å². The summed E-state index contributed by atoms with van der Waals surface area (Å²) in [5.41, 5.74) is 0.714. The van der Waals surface area contributed by atoms with Crippen molar-refractivity contribution in [2.75, 3.05) is 19.6 Å². The molecule has 0 aromatic carbocycles. The second-order valence-electron chi connectivity index (χ2n) is 4.97. The van der Waals surface area contributed by atoms with E-state index in [0.717, 1.165) is 19.4 Å². The van der Waals surface area contributed by atoms with E-state index in [1.54, 1.807) is 0 Å². The van der Waals surface area contributed by atoms with Crippen molar-refractivity contribution in [3.05, 3.63) is 0 Å². The van der Waals surface area contributed by atoms with Crippen LogP contribution in [0.2, 0.25) is 0 Å². The maximum absolute atomic E-state index is 9.60. The first-order valence-electron chi connectivity index (χ1n) is 5.64. The lowest BCUT2D eigenvalue weighted by Crippen LogP contribution is -2.60. The topological polar surface area (TPSA) is 23.5 Å². The van der Waals surface area contributed by atoms with E-state index in [9.17, 15) is 5.11 Å². The Morgan fingerprint density at radius 2 is 2.08 bits per heavy atom. The Labute approximate surface area is 80.9 Å². The van der Waals surface area contributed by atoms with E-state index >= 15 is 0 Å². The average Bonchev–Trinajstić information content (AvgIpc) is 1.92. The van der Waals surface area contributed by atoms with Crippen LogP contribution in [0.4, 0.5) is 0 Å². The zero-order valence-corrected chi connectivity index (χ0v) is 8.63. The van der Waals surface area contributed by atoms with E-state index in [0.29, 0.717) is 5.41 Å². The van der Waals surface area contributed by atoms with Gasteiger partial charge in [-0.3, -0.25) is 4.90 Å². The maximum atomic E-state index is 9.60. The van der Waals surface area contributed by atoms with Gasteiger partial charge >= 0.3 is 0 Å². The number of β-amino-alcohol motifs (C(OH)–C–C–N with tert-alkyl or cyclic N) is 1. The summed E-state index contributed by atoms with van der Waals surface area (Å²) in [5.74, 6) is 0. The van der Waals surface area contributed by atoms with Crippen molar-refractivity contribution < 1.29 is 5.11 Å². The van der Waals surface area contributed by atoms with E-state index in [1.807, 2.05) is 0 Å². The third kappa shape index (κ3) is 1.89. The number of aliphatic hydroxyl groups excluding tert-OH is 1. The number of hydrogen-bond acceptors (Lipinski definition) is 2. The van der Waals surface area contributed by atoms with Crippen LogP contribution >= 0.6 is 0 Å². The van der Waals surface area contributed by atoms with E-state index in [-0.39, 0.29) is 6.10 Å². The number of aliphatic hydroxyl groups is 1. The quantitative estimate of drug-likeness (QED) is 0.716. The van der Waals surface area contributed by atoms with Gasteiger partial charge in [0, 0.05) is 19.6 Å². The molecular weight excluding hydrogens is 162 g/mol. The largest absolute Gasteiger partial charge is 0.392 e. The smallest absolute Gasteiger partial charge is 0.0667 e. The monoisotopic (exact) mass is 183 g/mol. The molecule has 2 fully saturated rings. The predicted molar refractivity (Wildman–Crippen MR) is 53.6 cm³/mol. The Balaban J connectivity index is 1.63. The number of nitrogens with zero attached hydrogens (tertiary/aromatic N) is 1. The third-order valence-electron chi connectivity index (χ3n) is 3.62. The molecule has 1 N–H and O–H groups in total. The van der Waals surface area contributed by atoms with Gasteiger partial charge in [-0.05, 0) is 24.7 Å². The molecule has 1 unspecified atom stereocenters. The van der Waals surface area contributed by atoms with Crippen LogP contribution in [0, 0.1) is 5.41 Å². The molecule has 76 valence electrons. The Morgan fingerprint density at radius 1 is 1.38 bits per heavy atom. The van der Waals surface area contributed by atoms with Gasteiger partial charge in [0.05, 0.1) is 6.10 Å². The van der Waals surface area contributed by atoms with Crippen LogP contribution in [0.3, 0.4) is 0 Å². The van der Waals surface area contributed by atoms with Gasteiger partial charge in [0.1, 0.15) is 0 Å². The van der Waals surface area contributed by atoms with Gasteiger partial charge < -0.3 is 5.11 Å². The van der Waals surface area contributed by atoms with E-state index in [1.165, 1.54) is 32.4 Å². The van der Waals surface area contributed by atoms with Crippen molar-refractivity contribution in [2.24, 2.45) is 5.41 Å². The average molecular weight is 183 g/mol. The fourth-order valence-electron chi connectivity index (χ4n) is 2.75. The third-order valence-corrected chi connectivity index (χ3v) is 3.62. The molecule has 1 saturated heterocycles. The molecule has 2 nitrogen and oxygen atoms in total. The van der Waals surface area contributed by atoms with Crippen LogP contribution in [0.1, 0.15) is 39.0 Å².